The maximum Gasteiger partial charge on any atom is 0.268 e. The molecule has 0 aliphatic carbocycles. The molecule has 1 aliphatic rings. The number of rotatable bonds is 4. The minimum atomic E-state index is -0.185. The molecule has 1 N–H and O–H groups in total. The number of amides is 1. The maximum atomic E-state index is 12.8. The number of aromatic nitrogens is 3. The lowest BCUT2D eigenvalue weighted by molar-refractivity contribution is 0.102. The third kappa shape index (κ3) is 3.98. The van der Waals surface area contributed by atoms with Gasteiger partial charge in [0.15, 0.2) is 0 Å². The Morgan fingerprint density at radius 1 is 1.11 bits per heavy atom. The van der Waals surface area contributed by atoms with Gasteiger partial charge in [0.25, 0.3) is 5.91 Å². The van der Waals surface area contributed by atoms with Crippen LogP contribution in [0.3, 0.4) is 0 Å². The second kappa shape index (κ2) is 7.84. The van der Waals surface area contributed by atoms with E-state index < -0.39 is 0 Å². The molecule has 6 nitrogen and oxygen atoms in total. The molecule has 3 aromatic rings. The average molecular weight is 379 g/mol. The van der Waals surface area contributed by atoms with Crippen molar-refractivity contribution in [2.75, 3.05) is 23.3 Å². The second-order valence-electron chi connectivity index (χ2n) is 6.56. The molecular formula is C20H21N5OS. The van der Waals surface area contributed by atoms with Crippen LogP contribution in [0.4, 0.5) is 11.6 Å². The molecule has 0 saturated carbocycles. The van der Waals surface area contributed by atoms with E-state index in [9.17, 15) is 4.79 Å². The summed E-state index contributed by atoms with van der Waals surface area (Å²) in [4.78, 5) is 28.7. The van der Waals surface area contributed by atoms with Crippen LogP contribution in [0.25, 0.3) is 10.6 Å². The van der Waals surface area contributed by atoms with Crippen molar-refractivity contribution in [3.05, 3.63) is 53.3 Å². The van der Waals surface area contributed by atoms with Crippen LogP contribution in [-0.4, -0.2) is 33.9 Å². The number of hydrogen-bond donors (Lipinski definition) is 1. The molecule has 3 heterocycles. The van der Waals surface area contributed by atoms with Gasteiger partial charge in [-0.25, -0.2) is 15.0 Å². The number of benzene rings is 1. The molecule has 1 fully saturated rings. The molecule has 27 heavy (non-hydrogen) atoms. The molecule has 0 spiro atoms. The molecule has 1 amide bonds. The number of thiazole rings is 1. The molecule has 7 heteroatoms. The van der Waals surface area contributed by atoms with Crippen molar-refractivity contribution in [3.63, 3.8) is 0 Å². The largest absolute Gasteiger partial charge is 0.356 e. The molecule has 2 aromatic heterocycles. The van der Waals surface area contributed by atoms with Crippen molar-refractivity contribution in [1.82, 2.24) is 15.0 Å². The Morgan fingerprint density at radius 2 is 1.89 bits per heavy atom. The quantitative estimate of drug-likeness (QED) is 0.737. The van der Waals surface area contributed by atoms with E-state index in [1.807, 2.05) is 43.3 Å². The van der Waals surface area contributed by atoms with E-state index >= 15 is 0 Å². The lowest BCUT2D eigenvalue weighted by atomic mass is 10.1. The van der Waals surface area contributed by atoms with E-state index in [0.717, 1.165) is 35.2 Å². The minimum Gasteiger partial charge on any atom is -0.356 e. The number of hydrogen-bond acceptors (Lipinski definition) is 6. The number of aryl methyl sites for hydroxylation is 1. The fourth-order valence-electron chi connectivity index (χ4n) is 3.20. The zero-order chi connectivity index (χ0) is 18.6. The standard InChI is InChI=1S/C20H21N5OS/c1-14-18(27-20(23-14)15-8-4-2-5-9-15)19(26)24-16-12-17(22-13-21-16)25-10-6-3-7-11-25/h2,4-5,8-9,12-13H,3,6-7,10-11H2,1H3,(H,21,22,24,26). The van der Waals surface area contributed by atoms with E-state index in [1.54, 1.807) is 0 Å². The van der Waals surface area contributed by atoms with E-state index in [0.29, 0.717) is 10.7 Å². The van der Waals surface area contributed by atoms with Gasteiger partial charge in [-0.2, -0.15) is 0 Å². The van der Waals surface area contributed by atoms with Crippen LogP contribution < -0.4 is 10.2 Å². The molecule has 1 saturated heterocycles. The van der Waals surface area contributed by atoms with Gasteiger partial charge in [-0.3, -0.25) is 4.79 Å². The van der Waals surface area contributed by atoms with Gasteiger partial charge in [0.2, 0.25) is 0 Å². The summed E-state index contributed by atoms with van der Waals surface area (Å²) in [7, 11) is 0. The van der Waals surface area contributed by atoms with Crippen molar-refractivity contribution >= 4 is 28.9 Å². The van der Waals surface area contributed by atoms with Crippen LogP contribution in [0.5, 0.6) is 0 Å². The first-order valence-corrected chi connectivity index (χ1v) is 9.93. The monoisotopic (exact) mass is 379 g/mol. The summed E-state index contributed by atoms with van der Waals surface area (Å²) < 4.78 is 0. The molecular weight excluding hydrogens is 358 g/mol. The molecule has 138 valence electrons. The van der Waals surface area contributed by atoms with Crippen LogP contribution in [0.15, 0.2) is 42.7 Å². The van der Waals surface area contributed by atoms with Crippen LogP contribution >= 0.6 is 11.3 Å². The maximum absolute atomic E-state index is 12.8. The van der Waals surface area contributed by atoms with E-state index in [1.165, 1.54) is 36.9 Å². The Hall–Kier alpha value is -2.80. The van der Waals surface area contributed by atoms with Gasteiger partial charge in [-0.05, 0) is 26.2 Å². The van der Waals surface area contributed by atoms with E-state index in [2.05, 4.69) is 25.2 Å². The topological polar surface area (TPSA) is 71.0 Å². The van der Waals surface area contributed by atoms with Gasteiger partial charge in [0.1, 0.15) is 27.8 Å². The normalized spacial score (nSPS) is 14.2. The van der Waals surface area contributed by atoms with Crippen LogP contribution in [0.1, 0.15) is 34.6 Å². The predicted molar refractivity (Wildman–Crippen MR) is 108 cm³/mol. The molecule has 1 aliphatic heterocycles. The highest BCUT2D eigenvalue weighted by molar-refractivity contribution is 7.17. The lowest BCUT2D eigenvalue weighted by Crippen LogP contribution is -2.30. The fourth-order valence-corrected chi connectivity index (χ4v) is 4.16. The number of carbonyl (C=O) groups is 1. The van der Waals surface area contributed by atoms with E-state index in [-0.39, 0.29) is 5.91 Å². The SMILES string of the molecule is Cc1nc(-c2ccccc2)sc1C(=O)Nc1cc(N2CCCCC2)ncn1. The zero-order valence-electron chi connectivity index (χ0n) is 15.2. The van der Waals surface area contributed by atoms with Crippen molar-refractivity contribution in [1.29, 1.82) is 0 Å². The third-order valence-corrected chi connectivity index (χ3v) is 5.80. The van der Waals surface area contributed by atoms with Crippen molar-refractivity contribution < 1.29 is 4.79 Å². The fraction of sp³-hybridized carbons (Fsp3) is 0.300. The Labute approximate surface area is 162 Å². The van der Waals surface area contributed by atoms with Crippen molar-refractivity contribution in [3.8, 4) is 10.6 Å². The summed E-state index contributed by atoms with van der Waals surface area (Å²) in [6.07, 6.45) is 5.12. The molecule has 0 radical (unpaired) electrons. The molecule has 0 atom stereocenters. The highest BCUT2D eigenvalue weighted by Crippen LogP contribution is 2.28. The smallest absolute Gasteiger partial charge is 0.268 e. The van der Waals surface area contributed by atoms with Crippen LogP contribution in [0.2, 0.25) is 0 Å². The summed E-state index contributed by atoms with van der Waals surface area (Å²) in [6.45, 7) is 3.86. The number of piperidine rings is 1. The second-order valence-corrected chi connectivity index (χ2v) is 7.56. The van der Waals surface area contributed by atoms with Gasteiger partial charge in [0, 0.05) is 24.7 Å². The first-order valence-electron chi connectivity index (χ1n) is 9.12. The number of anilines is 2. The summed E-state index contributed by atoms with van der Waals surface area (Å²) in [5.74, 6) is 1.20. The Morgan fingerprint density at radius 3 is 2.67 bits per heavy atom. The van der Waals surface area contributed by atoms with Gasteiger partial charge in [0.05, 0.1) is 5.69 Å². The summed E-state index contributed by atoms with van der Waals surface area (Å²) in [6, 6.07) is 11.7. The van der Waals surface area contributed by atoms with Crippen molar-refractivity contribution in [2.24, 2.45) is 0 Å². The number of nitrogens with zero attached hydrogens (tertiary/aromatic N) is 4. The first kappa shape index (κ1) is 17.6. The molecule has 0 bridgehead atoms. The number of nitrogens with one attached hydrogen (secondary N) is 1. The summed E-state index contributed by atoms with van der Waals surface area (Å²) >= 11 is 1.40. The van der Waals surface area contributed by atoms with Gasteiger partial charge < -0.3 is 10.2 Å². The Kier molecular flexibility index (Phi) is 5.11. The van der Waals surface area contributed by atoms with Gasteiger partial charge in [-0.1, -0.05) is 30.3 Å². The first-order chi connectivity index (χ1) is 13.2. The highest BCUT2D eigenvalue weighted by atomic mass is 32.1. The minimum absolute atomic E-state index is 0.185. The molecule has 1 aromatic carbocycles. The van der Waals surface area contributed by atoms with E-state index in [4.69, 9.17) is 0 Å². The summed E-state index contributed by atoms with van der Waals surface area (Å²) in [5, 5.41) is 3.74. The van der Waals surface area contributed by atoms with Crippen LogP contribution in [-0.2, 0) is 0 Å². The van der Waals surface area contributed by atoms with Crippen LogP contribution in [0, 0.1) is 6.92 Å². The lowest BCUT2D eigenvalue weighted by Gasteiger charge is -2.27. The van der Waals surface area contributed by atoms with Gasteiger partial charge >= 0.3 is 0 Å². The Balaban J connectivity index is 1.52. The third-order valence-electron chi connectivity index (χ3n) is 4.60. The van der Waals surface area contributed by atoms with Gasteiger partial charge in [-0.15, -0.1) is 11.3 Å². The average Bonchev–Trinajstić information content (AvgIpc) is 3.11. The molecule has 4 rings (SSSR count). The predicted octanol–water partition coefficient (Wildman–Crippen LogP) is 4.15. The Bertz CT molecular complexity index is 935. The zero-order valence-corrected chi connectivity index (χ0v) is 16.0. The highest BCUT2D eigenvalue weighted by Gasteiger charge is 2.18. The van der Waals surface area contributed by atoms with Crippen molar-refractivity contribution in [2.45, 2.75) is 26.2 Å². The summed E-state index contributed by atoms with van der Waals surface area (Å²) in [5.41, 5.74) is 1.74. The molecule has 0 unspecified atom stereocenters. The number of carbonyl (C=O) groups excluding carboxylic acids is 1.